The summed E-state index contributed by atoms with van der Waals surface area (Å²) in [4.78, 5) is 29.7. The van der Waals surface area contributed by atoms with Crippen LogP contribution in [0.1, 0.15) is 55.5 Å². The van der Waals surface area contributed by atoms with Crippen LogP contribution in [0.3, 0.4) is 0 Å². The molecule has 0 radical (unpaired) electrons. The maximum atomic E-state index is 12.1. The van der Waals surface area contributed by atoms with Gasteiger partial charge >= 0.3 is 12.1 Å². The summed E-state index contributed by atoms with van der Waals surface area (Å²) in [5.41, 5.74) is 0.957. The molecule has 0 spiro atoms. The van der Waals surface area contributed by atoms with Gasteiger partial charge < -0.3 is 14.4 Å². The molecule has 2 heterocycles. The summed E-state index contributed by atoms with van der Waals surface area (Å²) < 4.78 is 10.2. The number of amides is 1. The Morgan fingerprint density at radius 2 is 1.91 bits per heavy atom. The van der Waals surface area contributed by atoms with E-state index < -0.39 is 5.60 Å². The summed E-state index contributed by atoms with van der Waals surface area (Å²) in [6, 6.07) is 1.86. The molecule has 0 unspecified atom stereocenters. The summed E-state index contributed by atoms with van der Waals surface area (Å²) in [6.45, 7) is 6.80. The Morgan fingerprint density at radius 3 is 2.48 bits per heavy atom. The fraction of sp³-hybridized carbons (Fsp3) is 0.588. The molecule has 126 valence electrons. The van der Waals surface area contributed by atoms with Gasteiger partial charge in [0.25, 0.3) is 0 Å². The van der Waals surface area contributed by atoms with Crippen molar-refractivity contribution in [2.45, 2.75) is 45.1 Å². The molecule has 1 aromatic heterocycles. The van der Waals surface area contributed by atoms with Gasteiger partial charge in [-0.25, -0.2) is 9.59 Å². The minimum absolute atomic E-state index is 0.214. The highest BCUT2D eigenvalue weighted by Gasteiger charge is 2.29. The number of likely N-dealkylation sites (tertiary alicyclic amines) is 1. The first-order valence-corrected chi connectivity index (χ1v) is 7.82. The predicted octanol–water partition coefficient (Wildman–Crippen LogP) is 2.98. The molecule has 23 heavy (non-hydrogen) atoms. The van der Waals surface area contributed by atoms with Gasteiger partial charge in [0.15, 0.2) is 0 Å². The fourth-order valence-electron chi connectivity index (χ4n) is 2.74. The first-order valence-electron chi connectivity index (χ1n) is 7.82. The lowest BCUT2D eigenvalue weighted by Gasteiger charge is -2.34. The van der Waals surface area contributed by atoms with Crippen LogP contribution in [0.5, 0.6) is 0 Å². The van der Waals surface area contributed by atoms with Crippen LogP contribution in [-0.4, -0.2) is 47.7 Å². The molecule has 0 atom stereocenters. The topological polar surface area (TPSA) is 68.7 Å². The van der Waals surface area contributed by atoms with Gasteiger partial charge in [-0.05, 0) is 51.2 Å². The number of piperidine rings is 1. The van der Waals surface area contributed by atoms with Gasteiger partial charge in [0.2, 0.25) is 0 Å². The zero-order valence-electron chi connectivity index (χ0n) is 14.2. The summed E-state index contributed by atoms with van der Waals surface area (Å²) in [5, 5.41) is 0. The number of aromatic nitrogens is 1. The molecule has 0 saturated carbocycles. The molecule has 0 aliphatic carbocycles. The van der Waals surface area contributed by atoms with Crippen molar-refractivity contribution in [3.05, 3.63) is 29.6 Å². The zero-order chi connectivity index (χ0) is 17.0. The molecule has 1 aliphatic heterocycles. The highest BCUT2D eigenvalue weighted by molar-refractivity contribution is 5.90. The molecule has 2 rings (SSSR count). The number of carbonyl (C=O) groups is 2. The average Bonchev–Trinajstić information content (AvgIpc) is 2.52. The van der Waals surface area contributed by atoms with Gasteiger partial charge in [-0.3, -0.25) is 4.98 Å². The van der Waals surface area contributed by atoms with Crippen molar-refractivity contribution in [1.82, 2.24) is 9.88 Å². The van der Waals surface area contributed by atoms with E-state index in [1.54, 1.807) is 17.3 Å². The molecular weight excluding hydrogens is 296 g/mol. The summed E-state index contributed by atoms with van der Waals surface area (Å²) in [7, 11) is 1.37. The van der Waals surface area contributed by atoms with E-state index in [-0.39, 0.29) is 18.0 Å². The number of ether oxygens (including phenoxy) is 2. The molecule has 1 fully saturated rings. The van der Waals surface area contributed by atoms with E-state index in [2.05, 4.69) is 4.98 Å². The smallest absolute Gasteiger partial charge is 0.410 e. The number of nitrogens with zero attached hydrogens (tertiary/aromatic N) is 2. The Labute approximate surface area is 136 Å². The van der Waals surface area contributed by atoms with E-state index in [4.69, 9.17) is 9.47 Å². The van der Waals surface area contributed by atoms with Gasteiger partial charge in [-0.1, -0.05) is 0 Å². The maximum absolute atomic E-state index is 12.1. The SMILES string of the molecule is COC(=O)c1cnccc1C1CCN(C(=O)OC(C)(C)C)CC1. The lowest BCUT2D eigenvalue weighted by molar-refractivity contribution is 0.0203. The Kier molecular flexibility index (Phi) is 5.23. The van der Waals surface area contributed by atoms with Gasteiger partial charge in [0, 0.05) is 25.5 Å². The van der Waals surface area contributed by atoms with Crippen LogP contribution in [0.15, 0.2) is 18.5 Å². The molecule has 6 heteroatoms. The normalized spacial score (nSPS) is 16.1. The molecule has 0 aromatic carbocycles. The van der Waals surface area contributed by atoms with Crippen molar-refractivity contribution in [1.29, 1.82) is 0 Å². The third-order valence-electron chi connectivity index (χ3n) is 3.85. The number of methoxy groups -OCH3 is 1. The lowest BCUT2D eigenvalue weighted by atomic mass is 9.87. The van der Waals surface area contributed by atoms with Crippen LogP contribution < -0.4 is 0 Å². The van der Waals surface area contributed by atoms with Crippen LogP contribution >= 0.6 is 0 Å². The number of pyridine rings is 1. The van der Waals surface area contributed by atoms with E-state index in [1.807, 2.05) is 26.8 Å². The molecule has 1 amide bonds. The number of rotatable bonds is 2. The monoisotopic (exact) mass is 320 g/mol. The molecule has 0 bridgehead atoms. The molecule has 1 aromatic rings. The second-order valence-corrected chi connectivity index (χ2v) is 6.70. The third kappa shape index (κ3) is 4.43. The van der Waals surface area contributed by atoms with Crippen molar-refractivity contribution in [2.75, 3.05) is 20.2 Å². The molecular formula is C17H24N2O4. The zero-order valence-corrected chi connectivity index (χ0v) is 14.2. The number of hydrogen-bond donors (Lipinski definition) is 0. The molecule has 6 nitrogen and oxygen atoms in total. The first kappa shape index (κ1) is 17.2. The van der Waals surface area contributed by atoms with Crippen LogP contribution in [0.4, 0.5) is 4.79 Å². The molecule has 0 N–H and O–H groups in total. The third-order valence-corrected chi connectivity index (χ3v) is 3.85. The number of carbonyl (C=O) groups excluding carboxylic acids is 2. The quantitative estimate of drug-likeness (QED) is 0.784. The van der Waals surface area contributed by atoms with Crippen molar-refractivity contribution >= 4 is 12.1 Å². The Morgan fingerprint density at radius 1 is 1.26 bits per heavy atom. The van der Waals surface area contributed by atoms with Gasteiger partial charge in [0.1, 0.15) is 5.60 Å². The first-order chi connectivity index (χ1) is 10.8. The van der Waals surface area contributed by atoms with Gasteiger partial charge in [-0.15, -0.1) is 0 Å². The Hall–Kier alpha value is -2.11. The van der Waals surface area contributed by atoms with Crippen LogP contribution in [0.2, 0.25) is 0 Å². The van der Waals surface area contributed by atoms with Crippen LogP contribution in [0.25, 0.3) is 0 Å². The van der Waals surface area contributed by atoms with E-state index in [1.165, 1.54) is 7.11 Å². The van der Waals surface area contributed by atoms with E-state index in [9.17, 15) is 9.59 Å². The minimum Gasteiger partial charge on any atom is -0.465 e. The fourth-order valence-corrected chi connectivity index (χ4v) is 2.74. The van der Waals surface area contributed by atoms with Crippen LogP contribution in [-0.2, 0) is 9.47 Å². The summed E-state index contributed by atoms with van der Waals surface area (Å²) in [6.07, 6.45) is 4.52. The Balaban J connectivity index is 2.03. The largest absolute Gasteiger partial charge is 0.465 e. The number of hydrogen-bond acceptors (Lipinski definition) is 5. The summed E-state index contributed by atoms with van der Waals surface area (Å²) >= 11 is 0. The van der Waals surface area contributed by atoms with E-state index in [0.717, 1.165) is 18.4 Å². The lowest BCUT2D eigenvalue weighted by Crippen LogP contribution is -2.41. The second kappa shape index (κ2) is 6.98. The maximum Gasteiger partial charge on any atom is 0.410 e. The number of esters is 1. The predicted molar refractivity (Wildman–Crippen MR) is 85.4 cm³/mol. The van der Waals surface area contributed by atoms with Crippen molar-refractivity contribution in [2.24, 2.45) is 0 Å². The van der Waals surface area contributed by atoms with Crippen molar-refractivity contribution in [3.63, 3.8) is 0 Å². The van der Waals surface area contributed by atoms with E-state index >= 15 is 0 Å². The van der Waals surface area contributed by atoms with E-state index in [0.29, 0.717) is 18.7 Å². The summed E-state index contributed by atoms with van der Waals surface area (Å²) in [5.74, 6) is -0.159. The van der Waals surface area contributed by atoms with Crippen LogP contribution in [0, 0.1) is 0 Å². The Bertz CT molecular complexity index is 572. The molecule has 1 saturated heterocycles. The van der Waals surface area contributed by atoms with Gasteiger partial charge in [0.05, 0.1) is 12.7 Å². The second-order valence-electron chi connectivity index (χ2n) is 6.70. The van der Waals surface area contributed by atoms with Crippen molar-refractivity contribution < 1.29 is 19.1 Å². The van der Waals surface area contributed by atoms with Gasteiger partial charge in [-0.2, -0.15) is 0 Å². The average molecular weight is 320 g/mol. The minimum atomic E-state index is -0.489. The highest BCUT2D eigenvalue weighted by Crippen LogP contribution is 2.30. The van der Waals surface area contributed by atoms with Crippen molar-refractivity contribution in [3.8, 4) is 0 Å². The standard InChI is InChI=1S/C17H24N2O4/c1-17(2,3)23-16(21)19-9-6-12(7-10-19)13-5-8-18-11-14(13)15(20)22-4/h5,8,11-12H,6-7,9-10H2,1-4H3. The molecule has 1 aliphatic rings. The highest BCUT2D eigenvalue weighted by atomic mass is 16.6.